The number of primary amides is 1. The van der Waals surface area contributed by atoms with Gasteiger partial charge in [-0.1, -0.05) is 11.8 Å². The molecular weight excluding hydrogens is 152 g/mol. The summed E-state index contributed by atoms with van der Waals surface area (Å²) in [4.78, 5) is 20.8. The first-order chi connectivity index (χ1) is 4.68. The van der Waals surface area contributed by atoms with E-state index in [2.05, 4.69) is 5.32 Å². The van der Waals surface area contributed by atoms with Gasteiger partial charge in [0.2, 0.25) is 11.8 Å². The van der Waals surface area contributed by atoms with E-state index in [1.165, 1.54) is 17.8 Å². The first kappa shape index (κ1) is 7.14. The zero-order valence-corrected chi connectivity index (χ0v) is 5.90. The molecule has 10 heavy (non-hydrogen) atoms. The Morgan fingerprint density at radius 3 is 2.90 bits per heavy atom. The molecule has 2 amide bonds. The van der Waals surface area contributed by atoms with E-state index in [9.17, 15) is 9.59 Å². The van der Waals surface area contributed by atoms with Crippen molar-refractivity contribution in [3.8, 4) is 0 Å². The Morgan fingerprint density at radius 1 is 1.80 bits per heavy atom. The van der Waals surface area contributed by atoms with Crippen LogP contribution in [0.2, 0.25) is 0 Å². The SMILES string of the molecule is NC(=O)/C=C1\NC(=O)CS1. The molecule has 54 valence electrons. The Balaban J connectivity index is 2.59. The third kappa shape index (κ3) is 1.77. The van der Waals surface area contributed by atoms with Crippen LogP contribution in [0.25, 0.3) is 0 Å². The molecule has 0 spiro atoms. The van der Waals surface area contributed by atoms with Crippen LogP contribution in [0.3, 0.4) is 0 Å². The van der Waals surface area contributed by atoms with Gasteiger partial charge < -0.3 is 11.1 Å². The molecule has 0 radical (unpaired) electrons. The highest BCUT2D eigenvalue weighted by atomic mass is 32.2. The molecule has 0 aromatic carbocycles. The van der Waals surface area contributed by atoms with Crippen LogP contribution in [-0.4, -0.2) is 17.6 Å². The van der Waals surface area contributed by atoms with E-state index in [0.717, 1.165) is 0 Å². The Morgan fingerprint density at radius 2 is 2.50 bits per heavy atom. The smallest absolute Gasteiger partial charge is 0.244 e. The highest BCUT2D eigenvalue weighted by Crippen LogP contribution is 2.17. The van der Waals surface area contributed by atoms with E-state index < -0.39 is 5.91 Å². The van der Waals surface area contributed by atoms with E-state index in [-0.39, 0.29) is 5.91 Å². The maximum atomic E-state index is 10.5. The molecule has 1 aliphatic heterocycles. The number of rotatable bonds is 1. The number of nitrogens with one attached hydrogen (secondary N) is 1. The van der Waals surface area contributed by atoms with Gasteiger partial charge in [0.1, 0.15) is 0 Å². The van der Waals surface area contributed by atoms with E-state index in [1.807, 2.05) is 0 Å². The van der Waals surface area contributed by atoms with Crippen molar-refractivity contribution in [2.24, 2.45) is 5.73 Å². The molecular formula is C5H6N2O2S. The van der Waals surface area contributed by atoms with Crippen molar-refractivity contribution in [3.63, 3.8) is 0 Å². The predicted molar refractivity (Wildman–Crippen MR) is 37.9 cm³/mol. The fourth-order valence-corrected chi connectivity index (χ4v) is 1.30. The molecule has 0 atom stereocenters. The summed E-state index contributed by atoms with van der Waals surface area (Å²) in [6, 6.07) is 0. The van der Waals surface area contributed by atoms with Gasteiger partial charge in [-0.25, -0.2) is 0 Å². The molecule has 1 aliphatic rings. The molecule has 1 heterocycles. The van der Waals surface area contributed by atoms with Gasteiger partial charge in [0.05, 0.1) is 10.8 Å². The predicted octanol–water partition coefficient (Wildman–Crippen LogP) is -0.824. The van der Waals surface area contributed by atoms with Crippen LogP contribution in [0.1, 0.15) is 0 Å². The lowest BCUT2D eigenvalue weighted by Crippen LogP contribution is -2.16. The zero-order valence-electron chi connectivity index (χ0n) is 5.09. The maximum absolute atomic E-state index is 10.5. The quantitative estimate of drug-likeness (QED) is 0.489. The lowest BCUT2D eigenvalue weighted by Gasteiger charge is -1.90. The number of hydrogen-bond donors (Lipinski definition) is 2. The summed E-state index contributed by atoms with van der Waals surface area (Å²) in [6.45, 7) is 0. The minimum atomic E-state index is -0.537. The summed E-state index contributed by atoms with van der Waals surface area (Å²) >= 11 is 1.28. The maximum Gasteiger partial charge on any atom is 0.244 e. The summed E-state index contributed by atoms with van der Waals surface area (Å²) in [6.07, 6.45) is 1.20. The molecule has 0 bridgehead atoms. The van der Waals surface area contributed by atoms with Gasteiger partial charge in [0.15, 0.2) is 0 Å². The Kier molecular flexibility index (Phi) is 1.96. The lowest BCUT2D eigenvalue weighted by atomic mass is 10.6. The molecule has 0 unspecified atom stereocenters. The van der Waals surface area contributed by atoms with Gasteiger partial charge >= 0.3 is 0 Å². The first-order valence-corrected chi connectivity index (χ1v) is 3.61. The second-order valence-corrected chi connectivity index (χ2v) is 2.76. The van der Waals surface area contributed by atoms with Crippen molar-refractivity contribution in [1.29, 1.82) is 0 Å². The Labute approximate surface area is 61.8 Å². The number of carbonyl (C=O) groups excluding carboxylic acids is 2. The number of amides is 2. The van der Waals surface area contributed by atoms with Crippen LogP contribution in [-0.2, 0) is 9.59 Å². The van der Waals surface area contributed by atoms with Gasteiger partial charge in [0.25, 0.3) is 0 Å². The summed E-state index contributed by atoms with van der Waals surface area (Å²) in [5, 5.41) is 3.01. The van der Waals surface area contributed by atoms with E-state index in [4.69, 9.17) is 5.73 Å². The van der Waals surface area contributed by atoms with Crippen molar-refractivity contribution in [3.05, 3.63) is 11.1 Å². The van der Waals surface area contributed by atoms with E-state index >= 15 is 0 Å². The minimum absolute atomic E-state index is 0.0856. The standard InChI is InChI=1S/C5H6N2O2S/c6-3(8)1-5-7-4(9)2-10-5/h1H,2H2,(H2,6,8)(H,7,9)/b5-1+. The minimum Gasteiger partial charge on any atom is -0.366 e. The van der Waals surface area contributed by atoms with Crippen molar-refractivity contribution in [2.45, 2.75) is 0 Å². The molecule has 0 aromatic rings. The molecule has 4 nitrogen and oxygen atoms in total. The molecule has 3 N–H and O–H groups in total. The number of hydrogen-bond acceptors (Lipinski definition) is 3. The number of nitrogens with two attached hydrogens (primary N) is 1. The Bertz CT molecular complexity index is 212. The van der Waals surface area contributed by atoms with Gasteiger partial charge in [-0.15, -0.1) is 0 Å². The zero-order chi connectivity index (χ0) is 7.56. The summed E-state index contributed by atoms with van der Waals surface area (Å²) in [7, 11) is 0. The van der Waals surface area contributed by atoms with Crippen LogP contribution < -0.4 is 11.1 Å². The molecule has 1 rings (SSSR count). The Hall–Kier alpha value is -0.970. The second-order valence-electron chi connectivity index (χ2n) is 1.75. The van der Waals surface area contributed by atoms with Crippen molar-refractivity contribution >= 4 is 23.6 Å². The average Bonchev–Trinajstić information content (AvgIpc) is 2.13. The van der Waals surface area contributed by atoms with Gasteiger partial charge in [-0.05, 0) is 0 Å². The van der Waals surface area contributed by atoms with Crippen LogP contribution in [0.5, 0.6) is 0 Å². The summed E-state index contributed by atoms with van der Waals surface area (Å²) in [5.41, 5.74) is 4.84. The topological polar surface area (TPSA) is 72.2 Å². The highest BCUT2D eigenvalue weighted by Gasteiger charge is 2.14. The fraction of sp³-hybridized carbons (Fsp3) is 0.200. The van der Waals surface area contributed by atoms with Crippen molar-refractivity contribution in [1.82, 2.24) is 5.32 Å². The fourth-order valence-electron chi connectivity index (χ4n) is 0.560. The van der Waals surface area contributed by atoms with Crippen molar-refractivity contribution < 1.29 is 9.59 Å². The number of carbonyl (C=O) groups is 2. The highest BCUT2D eigenvalue weighted by molar-refractivity contribution is 8.04. The first-order valence-electron chi connectivity index (χ1n) is 2.62. The van der Waals surface area contributed by atoms with Crippen LogP contribution in [0.15, 0.2) is 11.1 Å². The van der Waals surface area contributed by atoms with Gasteiger partial charge in [0, 0.05) is 6.08 Å². The molecule has 5 heteroatoms. The average molecular weight is 158 g/mol. The number of thioether (sulfide) groups is 1. The summed E-state index contributed by atoms with van der Waals surface area (Å²) < 4.78 is 0. The monoisotopic (exact) mass is 158 g/mol. The molecule has 0 saturated carbocycles. The molecule has 1 saturated heterocycles. The summed E-state index contributed by atoms with van der Waals surface area (Å²) in [5.74, 6) is -0.249. The molecule has 0 aliphatic carbocycles. The largest absolute Gasteiger partial charge is 0.366 e. The van der Waals surface area contributed by atoms with E-state index in [0.29, 0.717) is 10.8 Å². The molecule has 0 aromatic heterocycles. The second kappa shape index (κ2) is 2.74. The third-order valence-corrected chi connectivity index (χ3v) is 1.83. The normalized spacial score (nSPS) is 21.2. The van der Waals surface area contributed by atoms with Crippen LogP contribution in [0, 0.1) is 0 Å². The molecule has 1 fully saturated rings. The van der Waals surface area contributed by atoms with Gasteiger partial charge in [-0.2, -0.15) is 0 Å². The lowest BCUT2D eigenvalue weighted by molar-refractivity contribution is -0.117. The van der Waals surface area contributed by atoms with Gasteiger partial charge in [-0.3, -0.25) is 9.59 Å². The van der Waals surface area contributed by atoms with Crippen LogP contribution >= 0.6 is 11.8 Å². The third-order valence-electron chi connectivity index (χ3n) is 0.895. The van der Waals surface area contributed by atoms with E-state index in [1.54, 1.807) is 0 Å². The van der Waals surface area contributed by atoms with Crippen molar-refractivity contribution in [2.75, 3.05) is 5.75 Å². The van der Waals surface area contributed by atoms with Crippen LogP contribution in [0.4, 0.5) is 0 Å².